The summed E-state index contributed by atoms with van der Waals surface area (Å²) in [5, 5.41) is 0. The molecule has 6 nitrogen and oxygen atoms in total. The monoisotopic (exact) mass is 471 g/mol. The summed E-state index contributed by atoms with van der Waals surface area (Å²) in [4.78, 5) is 12.1. The van der Waals surface area contributed by atoms with Crippen LogP contribution in [0.4, 0.5) is 8.78 Å². The maximum absolute atomic E-state index is 12.7. The molecule has 1 aliphatic heterocycles. The summed E-state index contributed by atoms with van der Waals surface area (Å²) in [6.45, 7) is 4.77. The van der Waals surface area contributed by atoms with Gasteiger partial charge in [-0.1, -0.05) is 4.40 Å². The molecule has 0 radical (unpaired) electrons. The van der Waals surface area contributed by atoms with E-state index in [0.29, 0.717) is 42.9 Å². The van der Waals surface area contributed by atoms with Crippen molar-refractivity contribution in [3.05, 3.63) is 23.8 Å². The van der Waals surface area contributed by atoms with Gasteiger partial charge in [0.15, 0.2) is 0 Å². The van der Waals surface area contributed by atoms with Crippen LogP contribution in [0.25, 0.3) is 0 Å². The van der Waals surface area contributed by atoms with Gasteiger partial charge >= 0.3 is 12.6 Å². The van der Waals surface area contributed by atoms with Crippen molar-refractivity contribution in [2.45, 2.75) is 77.3 Å². The number of nitrogens with zero attached hydrogens (tertiary/aromatic N) is 1. The quantitative estimate of drug-likeness (QED) is 0.428. The van der Waals surface area contributed by atoms with Crippen LogP contribution < -0.4 is 9.47 Å². The van der Waals surface area contributed by atoms with Crippen LogP contribution in [0.2, 0.25) is 0 Å². The minimum Gasteiger partial charge on any atom is -0.591 e. The van der Waals surface area contributed by atoms with Gasteiger partial charge in [0, 0.05) is 18.1 Å². The van der Waals surface area contributed by atoms with E-state index in [1.807, 2.05) is 20.8 Å². The van der Waals surface area contributed by atoms with E-state index >= 15 is 0 Å². The van der Waals surface area contributed by atoms with E-state index in [9.17, 15) is 18.1 Å². The molecule has 2 aliphatic rings. The molecule has 9 heteroatoms. The Balaban J connectivity index is 1.83. The summed E-state index contributed by atoms with van der Waals surface area (Å²) in [6.07, 6.45) is 3.22. The molecule has 3 rings (SSSR count). The van der Waals surface area contributed by atoms with E-state index in [0.717, 1.165) is 12.8 Å². The molecular formula is C23H31F2NO5S. The maximum atomic E-state index is 12.7. The van der Waals surface area contributed by atoms with Crippen LogP contribution in [-0.2, 0) is 20.9 Å². The van der Waals surface area contributed by atoms with E-state index < -0.39 is 22.7 Å². The zero-order valence-electron chi connectivity index (χ0n) is 18.9. The number of ether oxygens (including phenoxy) is 3. The third-order valence-electron chi connectivity index (χ3n) is 5.80. The smallest absolute Gasteiger partial charge is 0.387 e. The minimum absolute atomic E-state index is 0.00159. The Labute approximate surface area is 191 Å². The van der Waals surface area contributed by atoms with E-state index in [4.69, 9.17) is 9.47 Å². The predicted molar refractivity (Wildman–Crippen MR) is 119 cm³/mol. The van der Waals surface area contributed by atoms with Gasteiger partial charge in [0.25, 0.3) is 0 Å². The number of carbonyl (C=O) groups is 1. The lowest BCUT2D eigenvalue weighted by molar-refractivity contribution is -0.149. The summed E-state index contributed by atoms with van der Waals surface area (Å²) in [7, 11) is 0. The van der Waals surface area contributed by atoms with Gasteiger partial charge in [-0.05, 0) is 71.4 Å². The third kappa shape index (κ3) is 6.13. The van der Waals surface area contributed by atoms with Crippen molar-refractivity contribution in [2.75, 3.05) is 6.61 Å². The molecular weight excluding hydrogens is 440 g/mol. The van der Waals surface area contributed by atoms with Crippen molar-refractivity contribution in [1.82, 2.24) is 0 Å². The van der Waals surface area contributed by atoms with Crippen LogP contribution in [0.15, 0.2) is 22.6 Å². The fraction of sp³-hybridized carbons (Fsp3) is 0.652. The molecule has 0 bridgehead atoms. The van der Waals surface area contributed by atoms with Crippen LogP contribution in [0.5, 0.6) is 11.5 Å². The molecule has 32 heavy (non-hydrogen) atoms. The normalized spacial score (nSPS) is 25.8. The molecule has 0 unspecified atom stereocenters. The largest absolute Gasteiger partial charge is 0.591 e. The Hall–Kier alpha value is -1.87. The number of benzene rings is 1. The number of carbonyl (C=O) groups excluding carboxylic acids is 1. The van der Waals surface area contributed by atoms with Gasteiger partial charge in [-0.15, -0.1) is 0 Å². The zero-order valence-corrected chi connectivity index (χ0v) is 19.8. The van der Waals surface area contributed by atoms with Crippen molar-refractivity contribution >= 4 is 23.0 Å². The zero-order chi connectivity index (χ0) is 23.5. The number of hydrogen-bond donors (Lipinski definition) is 0. The first-order valence-electron chi connectivity index (χ1n) is 11.0. The van der Waals surface area contributed by atoms with Gasteiger partial charge in [0.1, 0.15) is 39.4 Å². The molecule has 1 saturated carbocycles. The molecule has 0 spiro atoms. The summed E-state index contributed by atoms with van der Waals surface area (Å²) < 4.78 is 58.0. The molecule has 178 valence electrons. The van der Waals surface area contributed by atoms with Crippen molar-refractivity contribution in [1.29, 1.82) is 0 Å². The SMILES string of the molecule is CCOC(=O)C1CCC([C@H]2CC(=N[S@+]([O-])C(C)(C)C)c3ccc(OC(F)F)cc3O2)CC1. The highest BCUT2D eigenvalue weighted by molar-refractivity contribution is 7.91. The molecule has 1 aromatic carbocycles. The number of hydrogen-bond acceptors (Lipinski definition) is 6. The second-order valence-electron chi connectivity index (χ2n) is 9.16. The number of halogens is 2. The van der Waals surface area contributed by atoms with E-state index in [2.05, 4.69) is 9.13 Å². The molecule has 1 aliphatic carbocycles. The summed E-state index contributed by atoms with van der Waals surface area (Å²) >= 11 is -1.47. The Morgan fingerprint density at radius 1 is 1.28 bits per heavy atom. The first-order valence-corrected chi connectivity index (χ1v) is 12.1. The highest BCUT2D eigenvalue weighted by atomic mass is 32.2. The lowest BCUT2D eigenvalue weighted by Crippen LogP contribution is -2.38. The average molecular weight is 472 g/mol. The maximum Gasteiger partial charge on any atom is 0.387 e. The van der Waals surface area contributed by atoms with Crippen LogP contribution in [-0.4, -0.2) is 40.3 Å². The molecule has 0 N–H and O–H groups in total. The number of fused-ring (bicyclic) bond motifs is 1. The lowest BCUT2D eigenvalue weighted by atomic mass is 9.77. The Bertz CT molecular complexity index is 834. The van der Waals surface area contributed by atoms with Crippen molar-refractivity contribution in [2.24, 2.45) is 16.2 Å². The van der Waals surface area contributed by atoms with E-state index in [1.165, 1.54) is 12.1 Å². The van der Waals surface area contributed by atoms with Crippen molar-refractivity contribution < 1.29 is 32.3 Å². The van der Waals surface area contributed by atoms with Crippen LogP contribution in [0.1, 0.15) is 65.4 Å². The van der Waals surface area contributed by atoms with Gasteiger partial charge < -0.3 is 18.8 Å². The standard InChI is InChI=1S/C23H31F2NO5S/c1-5-29-21(27)15-8-6-14(7-9-15)19-13-18(26-32(28)23(2,3)4)17-11-10-16(30-22(24)25)12-20(17)31-19/h10-12,14-15,19,22H,5-9,13H2,1-4H3/t14?,15?,19-,32-/m1/s1. The fourth-order valence-corrected chi connectivity index (χ4v) is 4.74. The van der Waals surface area contributed by atoms with E-state index in [1.54, 1.807) is 13.0 Å². The Morgan fingerprint density at radius 3 is 2.56 bits per heavy atom. The molecule has 1 aromatic rings. The summed E-state index contributed by atoms with van der Waals surface area (Å²) in [5.41, 5.74) is 1.28. The van der Waals surface area contributed by atoms with Crippen LogP contribution in [0, 0.1) is 11.8 Å². The van der Waals surface area contributed by atoms with Gasteiger partial charge in [-0.3, -0.25) is 4.79 Å². The third-order valence-corrected chi connectivity index (χ3v) is 7.23. The number of esters is 1. The molecule has 0 aromatic heterocycles. The van der Waals surface area contributed by atoms with Gasteiger partial charge in [-0.2, -0.15) is 8.78 Å². The van der Waals surface area contributed by atoms with Gasteiger partial charge in [0.2, 0.25) is 0 Å². The molecule has 0 amide bonds. The number of alkyl halides is 2. The lowest BCUT2D eigenvalue weighted by Gasteiger charge is -2.36. The summed E-state index contributed by atoms with van der Waals surface area (Å²) in [5.74, 6) is 0.312. The van der Waals surface area contributed by atoms with Crippen LogP contribution >= 0.6 is 0 Å². The van der Waals surface area contributed by atoms with Crippen LogP contribution in [0.3, 0.4) is 0 Å². The Kier molecular flexibility index (Phi) is 8.03. The highest BCUT2D eigenvalue weighted by Gasteiger charge is 2.38. The molecule has 1 heterocycles. The molecule has 1 fully saturated rings. The Morgan fingerprint density at radius 2 is 1.97 bits per heavy atom. The van der Waals surface area contributed by atoms with Crippen molar-refractivity contribution in [3.63, 3.8) is 0 Å². The van der Waals surface area contributed by atoms with Gasteiger partial charge in [0.05, 0.1) is 12.5 Å². The second kappa shape index (κ2) is 10.4. The average Bonchev–Trinajstić information content (AvgIpc) is 2.72. The summed E-state index contributed by atoms with van der Waals surface area (Å²) in [6, 6.07) is 4.50. The number of rotatable bonds is 6. The molecule has 0 saturated heterocycles. The van der Waals surface area contributed by atoms with Gasteiger partial charge in [-0.25, -0.2) is 0 Å². The molecule has 2 atom stereocenters. The fourth-order valence-electron chi connectivity index (χ4n) is 4.09. The van der Waals surface area contributed by atoms with E-state index in [-0.39, 0.29) is 29.7 Å². The highest BCUT2D eigenvalue weighted by Crippen LogP contribution is 2.40. The topological polar surface area (TPSA) is 80.2 Å². The van der Waals surface area contributed by atoms with Crippen molar-refractivity contribution in [3.8, 4) is 11.5 Å². The second-order valence-corrected chi connectivity index (χ2v) is 11.1. The minimum atomic E-state index is -2.94. The first kappa shape index (κ1) is 24.8. The predicted octanol–water partition coefficient (Wildman–Crippen LogP) is 5.06. The first-order chi connectivity index (χ1) is 15.1.